The van der Waals surface area contributed by atoms with Crippen LogP contribution in [0.1, 0.15) is 54.7 Å². The summed E-state index contributed by atoms with van der Waals surface area (Å²) < 4.78 is 5.30. The lowest BCUT2D eigenvalue weighted by molar-refractivity contribution is -0.133. The molecule has 0 aliphatic heterocycles. The van der Waals surface area contributed by atoms with Crippen molar-refractivity contribution in [3.63, 3.8) is 0 Å². The molecule has 0 unspecified atom stereocenters. The molecule has 4 rings (SSSR count). The van der Waals surface area contributed by atoms with Crippen molar-refractivity contribution in [2.75, 3.05) is 6.61 Å². The molecule has 1 aromatic carbocycles. The molecule has 2 aliphatic rings. The van der Waals surface area contributed by atoms with Crippen molar-refractivity contribution in [1.29, 1.82) is 0 Å². The van der Waals surface area contributed by atoms with Crippen LogP contribution < -0.4 is 0 Å². The monoisotopic (exact) mass is 380 g/mol. The van der Waals surface area contributed by atoms with Gasteiger partial charge < -0.3 is 9.64 Å². The van der Waals surface area contributed by atoms with Crippen molar-refractivity contribution in [3.8, 4) is 5.69 Å². The summed E-state index contributed by atoms with van der Waals surface area (Å²) >= 11 is 0. The van der Waals surface area contributed by atoms with Crippen molar-refractivity contribution in [2.24, 2.45) is 0 Å². The molecule has 0 saturated heterocycles. The van der Waals surface area contributed by atoms with Gasteiger partial charge in [-0.15, -0.1) is 5.10 Å². The maximum absolute atomic E-state index is 12.7. The molecule has 0 bridgehead atoms. The van der Waals surface area contributed by atoms with E-state index in [1.165, 1.54) is 11.2 Å². The van der Waals surface area contributed by atoms with Crippen LogP contribution in [0.2, 0.25) is 0 Å². The van der Waals surface area contributed by atoms with E-state index in [2.05, 4.69) is 16.3 Å². The quantitative estimate of drug-likeness (QED) is 0.720. The topological polar surface area (TPSA) is 77.3 Å². The Hall–Kier alpha value is -2.96. The van der Waals surface area contributed by atoms with Crippen molar-refractivity contribution >= 4 is 11.9 Å². The zero-order valence-electron chi connectivity index (χ0n) is 16.0. The number of hydrogen-bond donors (Lipinski definition) is 0. The highest BCUT2D eigenvalue weighted by Gasteiger charge is 2.35. The molecule has 0 spiro atoms. The number of carbonyl (C=O) groups excluding carboxylic acids is 2. The number of nitrogens with zero attached hydrogens (tertiary/aromatic N) is 4. The molecule has 1 aromatic heterocycles. The van der Waals surface area contributed by atoms with Crippen LogP contribution in [0.3, 0.4) is 0 Å². The fourth-order valence-electron chi connectivity index (χ4n) is 3.48. The molecule has 146 valence electrons. The average molecular weight is 380 g/mol. The van der Waals surface area contributed by atoms with Gasteiger partial charge in [0.1, 0.15) is 0 Å². The molecule has 1 saturated carbocycles. The third kappa shape index (κ3) is 3.98. The molecule has 2 aliphatic carbocycles. The molecule has 1 heterocycles. The number of amides is 1. The maximum atomic E-state index is 12.7. The first-order chi connectivity index (χ1) is 13.6. The second-order valence-electron chi connectivity index (χ2n) is 7.27. The molecule has 0 N–H and O–H groups in total. The first kappa shape index (κ1) is 18.4. The van der Waals surface area contributed by atoms with Crippen LogP contribution in [0.4, 0.5) is 0 Å². The van der Waals surface area contributed by atoms with Crippen LogP contribution in [0.25, 0.3) is 5.69 Å². The summed E-state index contributed by atoms with van der Waals surface area (Å²) in [6.07, 6.45) is 8.37. The summed E-state index contributed by atoms with van der Waals surface area (Å²) in [7, 11) is 0. The Kier molecular flexibility index (Phi) is 5.23. The van der Waals surface area contributed by atoms with Crippen LogP contribution in [0.15, 0.2) is 42.1 Å². The fourth-order valence-corrected chi connectivity index (χ4v) is 3.48. The fraction of sp³-hybridized carbons (Fsp3) is 0.429. The molecule has 7 heteroatoms. The molecule has 2 aromatic rings. The predicted octanol–water partition coefficient (Wildman–Crippen LogP) is 3.18. The molecule has 0 atom stereocenters. The number of hydrogen-bond acceptors (Lipinski definition) is 5. The van der Waals surface area contributed by atoms with Gasteiger partial charge in [0.25, 0.3) is 5.91 Å². The van der Waals surface area contributed by atoms with E-state index >= 15 is 0 Å². The van der Waals surface area contributed by atoms with Crippen molar-refractivity contribution in [1.82, 2.24) is 19.9 Å². The van der Waals surface area contributed by atoms with Gasteiger partial charge >= 0.3 is 5.97 Å². The third-order valence-electron chi connectivity index (χ3n) is 5.05. The molecule has 1 fully saturated rings. The summed E-state index contributed by atoms with van der Waals surface area (Å²) in [5, 5.41) is 8.51. The molecule has 0 radical (unpaired) electrons. The minimum absolute atomic E-state index is 0.131. The number of carbonyl (C=O) groups is 2. The normalized spacial score (nSPS) is 16.4. The SMILES string of the molecule is Cc1nn(-c2ccccc2)nc1C(=O)OCC(=O)N(C1=CCCCC1)C1CC1. The Bertz CT molecular complexity index is 900. The van der Waals surface area contributed by atoms with E-state index in [1.54, 1.807) is 6.92 Å². The molecular weight excluding hydrogens is 356 g/mol. The number of benzene rings is 1. The smallest absolute Gasteiger partial charge is 0.361 e. The van der Waals surface area contributed by atoms with Crippen molar-refractivity contribution in [2.45, 2.75) is 51.5 Å². The standard InChI is InChI=1S/C21H24N4O3/c1-15-20(23-25(22-15)18-10-6-3-7-11-18)21(27)28-14-19(26)24(17-12-13-17)16-8-4-2-5-9-16/h3,6-8,10-11,17H,2,4-5,9,12-14H2,1H3. The number of rotatable bonds is 6. The molecule has 7 nitrogen and oxygen atoms in total. The van der Waals surface area contributed by atoms with Gasteiger partial charge in [-0.1, -0.05) is 24.3 Å². The summed E-state index contributed by atoms with van der Waals surface area (Å²) in [6.45, 7) is 1.43. The maximum Gasteiger partial charge on any atom is 0.361 e. The van der Waals surface area contributed by atoms with Crippen LogP contribution in [-0.2, 0) is 9.53 Å². The minimum atomic E-state index is -0.624. The lowest BCUT2D eigenvalue weighted by Gasteiger charge is -2.27. The Labute approximate surface area is 164 Å². The van der Waals surface area contributed by atoms with E-state index in [0.717, 1.165) is 43.5 Å². The number of aryl methyl sites for hydroxylation is 1. The van der Waals surface area contributed by atoms with Crippen LogP contribution >= 0.6 is 0 Å². The van der Waals surface area contributed by atoms with Gasteiger partial charge in [-0.3, -0.25) is 4.79 Å². The van der Waals surface area contributed by atoms with Crippen LogP contribution in [-0.4, -0.2) is 44.4 Å². The predicted molar refractivity (Wildman–Crippen MR) is 103 cm³/mol. The Morgan fingerprint density at radius 1 is 1.18 bits per heavy atom. The van der Waals surface area contributed by atoms with E-state index in [4.69, 9.17) is 4.74 Å². The number of ether oxygens (including phenoxy) is 1. The van der Waals surface area contributed by atoms with Crippen LogP contribution in [0, 0.1) is 6.92 Å². The van der Waals surface area contributed by atoms with Crippen LogP contribution in [0.5, 0.6) is 0 Å². The first-order valence-electron chi connectivity index (χ1n) is 9.81. The van der Waals surface area contributed by atoms with Crippen molar-refractivity contribution in [3.05, 3.63) is 53.5 Å². The van der Waals surface area contributed by atoms with E-state index in [1.807, 2.05) is 35.2 Å². The zero-order chi connectivity index (χ0) is 19.5. The summed E-state index contributed by atoms with van der Waals surface area (Å²) in [4.78, 5) is 28.5. The number of allylic oxidation sites excluding steroid dienone is 2. The van der Waals surface area contributed by atoms with Gasteiger partial charge in [0.2, 0.25) is 0 Å². The Morgan fingerprint density at radius 3 is 2.64 bits per heavy atom. The highest BCUT2D eigenvalue weighted by atomic mass is 16.5. The van der Waals surface area contributed by atoms with E-state index in [-0.39, 0.29) is 24.2 Å². The van der Waals surface area contributed by atoms with Gasteiger partial charge in [-0.25, -0.2) is 4.79 Å². The van der Waals surface area contributed by atoms with Gasteiger partial charge in [0.15, 0.2) is 12.3 Å². The number of aromatic nitrogens is 3. The molecule has 28 heavy (non-hydrogen) atoms. The zero-order valence-corrected chi connectivity index (χ0v) is 16.0. The van der Waals surface area contributed by atoms with Gasteiger partial charge in [0, 0.05) is 11.7 Å². The largest absolute Gasteiger partial charge is 0.451 e. The minimum Gasteiger partial charge on any atom is -0.451 e. The van der Waals surface area contributed by atoms with Gasteiger partial charge in [-0.2, -0.15) is 9.90 Å². The number of para-hydroxylation sites is 1. The third-order valence-corrected chi connectivity index (χ3v) is 5.05. The molecule has 1 amide bonds. The van der Waals surface area contributed by atoms with E-state index in [9.17, 15) is 9.59 Å². The van der Waals surface area contributed by atoms with Crippen molar-refractivity contribution < 1.29 is 14.3 Å². The summed E-state index contributed by atoms with van der Waals surface area (Å²) in [6, 6.07) is 9.60. The second-order valence-corrected chi connectivity index (χ2v) is 7.27. The average Bonchev–Trinajstić information content (AvgIpc) is 3.48. The summed E-state index contributed by atoms with van der Waals surface area (Å²) in [5.74, 6) is -0.779. The van der Waals surface area contributed by atoms with E-state index in [0.29, 0.717) is 5.69 Å². The highest BCUT2D eigenvalue weighted by molar-refractivity contribution is 5.90. The highest BCUT2D eigenvalue weighted by Crippen LogP contribution is 2.33. The van der Waals surface area contributed by atoms with Gasteiger partial charge in [0.05, 0.1) is 11.4 Å². The lowest BCUT2D eigenvalue weighted by Crippen LogP contribution is -2.36. The second kappa shape index (κ2) is 7.96. The molecular formula is C21H24N4O3. The first-order valence-corrected chi connectivity index (χ1v) is 9.81. The van der Waals surface area contributed by atoms with Gasteiger partial charge in [-0.05, 0) is 57.6 Å². The Balaban J connectivity index is 1.42. The lowest BCUT2D eigenvalue weighted by atomic mass is 10.0. The Morgan fingerprint density at radius 2 is 1.96 bits per heavy atom. The number of esters is 1. The summed E-state index contributed by atoms with van der Waals surface area (Å²) in [5.41, 5.74) is 2.44. The van der Waals surface area contributed by atoms with E-state index < -0.39 is 5.97 Å².